The molecule has 4 nitrogen and oxygen atoms in total. The first-order chi connectivity index (χ1) is 6.74. The van der Waals surface area contributed by atoms with Crippen molar-refractivity contribution in [3.63, 3.8) is 0 Å². The standard InChI is InChI=1S/C10H21N3O/c1-3-4-12-10(14)13-6-5-11-7-9(2)8-13/h9,11H,3-8H2,1-2H3,(H,12,14). The molecule has 2 amide bonds. The Hall–Kier alpha value is -0.770. The Morgan fingerprint density at radius 3 is 3.14 bits per heavy atom. The van der Waals surface area contributed by atoms with Gasteiger partial charge < -0.3 is 15.5 Å². The molecule has 0 aromatic carbocycles. The minimum absolute atomic E-state index is 0.0856. The van der Waals surface area contributed by atoms with Crippen LogP contribution in [0.3, 0.4) is 0 Å². The summed E-state index contributed by atoms with van der Waals surface area (Å²) in [5.41, 5.74) is 0. The molecule has 0 aromatic rings. The topological polar surface area (TPSA) is 44.4 Å². The highest BCUT2D eigenvalue weighted by Gasteiger charge is 2.18. The van der Waals surface area contributed by atoms with Crippen molar-refractivity contribution in [2.24, 2.45) is 5.92 Å². The van der Waals surface area contributed by atoms with Crippen molar-refractivity contribution in [1.82, 2.24) is 15.5 Å². The second-order valence-electron chi connectivity index (χ2n) is 3.99. The van der Waals surface area contributed by atoms with Crippen LogP contribution in [0, 0.1) is 5.92 Å². The van der Waals surface area contributed by atoms with Gasteiger partial charge in [-0.3, -0.25) is 0 Å². The van der Waals surface area contributed by atoms with Crippen LogP contribution in [0.4, 0.5) is 4.79 Å². The van der Waals surface area contributed by atoms with Crippen molar-refractivity contribution >= 4 is 6.03 Å². The molecule has 1 aliphatic rings. The fourth-order valence-corrected chi connectivity index (χ4v) is 1.62. The molecule has 0 saturated carbocycles. The molecule has 1 saturated heterocycles. The summed E-state index contributed by atoms with van der Waals surface area (Å²) < 4.78 is 0. The maximum Gasteiger partial charge on any atom is 0.317 e. The van der Waals surface area contributed by atoms with Gasteiger partial charge in [0.1, 0.15) is 0 Å². The third-order valence-electron chi connectivity index (χ3n) is 2.40. The molecule has 0 aromatic heterocycles. The molecule has 0 spiro atoms. The van der Waals surface area contributed by atoms with E-state index in [0.717, 1.165) is 39.1 Å². The van der Waals surface area contributed by atoms with E-state index in [1.165, 1.54) is 0 Å². The quantitative estimate of drug-likeness (QED) is 0.686. The third kappa shape index (κ3) is 3.54. The highest BCUT2D eigenvalue weighted by molar-refractivity contribution is 5.74. The maximum atomic E-state index is 11.6. The van der Waals surface area contributed by atoms with Gasteiger partial charge in [0.2, 0.25) is 0 Å². The number of nitrogens with one attached hydrogen (secondary N) is 2. The summed E-state index contributed by atoms with van der Waals surface area (Å²) in [6, 6.07) is 0.0856. The van der Waals surface area contributed by atoms with E-state index in [-0.39, 0.29) is 6.03 Å². The third-order valence-corrected chi connectivity index (χ3v) is 2.40. The molecule has 0 radical (unpaired) electrons. The summed E-state index contributed by atoms with van der Waals surface area (Å²) in [6.07, 6.45) is 0.993. The van der Waals surface area contributed by atoms with E-state index in [1.807, 2.05) is 4.90 Å². The minimum atomic E-state index is 0.0856. The first-order valence-corrected chi connectivity index (χ1v) is 5.47. The largest absolute Gasteiger partial charge is 0.338 e. The molecule has 1 aliphatic heterocycles. The van der Waals surface area contributed by atoms with E-state index in [1.54, 1.807) is 0 Å². The molecular formula is C10H21N3O. The number of hydrogen-bond acceptors (Lipinski definition) is 2. The van der Waals surface area contributed by atoms with Crippen LogP contribution in [0.15, 0.2) is 0 Å². The lowest BCUT2D eigenvalue weighted by atomic mass is 10.2. The zero-order chi connectivity index (χ0) is 10.4. The Labute approximate surface area is 86.0 Å². The normalized spacial score (nSPS) is 23.0. The molecule has 1 heterocycles. The lowest BCUT2D eigenvalue weighted by Crippen LogP contribution is -2.42. The van der Waals surface area contributed by atoms with E-state index in [0.29, 0.717) is 5.92 Å². The number of nitrogens with zero attached hydrogens (tertiary/aromatic N) is 1. The summed E-state index contributed by atoms with van der Waals surface area (Å²) in [7, 11) is 0. The van der Waals surface area contributed by atoms with Gasteiger partial charge in [-0.05, 0) is 18.9 Å². The fourth-order valence-electron chi connectivity index (χ4n) is 1.62. The van der Waals surface area contributed by atoms with Crippen LogP contribution in [0.2, 0.25) is 0 Å². The van der Waals surface area contributed by atoms with Gasteiger partial charge in [-0.1, -0.05) is 13.8 Å². The van der Waals surface area contributed by atoms with Crippen LogP contribution in [-0.2, 0) is 0 Å². The first-order valence-electron chi connectivity index (χ1n) is 5.47. The predicted molar refractivity (Wildman–Crippen MR) is 57.3 cm³/mol. The van der Waals surface area contributed by atoms with Crippen LogP contribution < -0.4 is 10.6 Å². The zero-order valence-electron chi connectivity index (χ0n) is 9.18. The van der Waals surface area contributed by atoms with Gasteiger partial charge in [0.25, 0.3) is 0 Å². The number of carbonyl (C=O) groups excluding carboxylic acids is 1. The Morgan fingerprint density at radius 2 is 2.43 bits per heavy atom. The summed E-state index contributed by atoms with van der Waals surface area (Å²) in [5.74, 6) is 0.546. The van der Waals surface area contributed by atoms with Gasteiger partial charge in [-0.15, -0.1) is 0 Å². The van der Waals surface area contributed by atoms with Crippen molar-refractivity contribution in [2.45, 2.75) is 20.3 Å². The van der Waals surface area contributed by atoms with Gasteiger partial charge in [-0.25, -0.2) is 4.79 Å². The number of carbonyl (C=O) groups is 1. The summed E-state index contributed by atoms with van der Waals surface area (Å²) in [5, 5.41) is 6.23. The molecule has 1 unspecified atom stereocenters. The predicted octanol–water partition coefficient (Wildman–Crippen LogP) is 0.647. The zero-order valence-corrected chi connectivity index (χ0v) is 9.18. The molecule has 1 fully saturated rings. The summed E-state index contributed by atoms with van der Waals surface area (Å²) in [4.78, 5) is 13.5. The number of amides is 2. The number of hydrogen-bond donors (Lipinski definition) is 2. The number of urea groups is 1. The second-order valence-corrected chi connectivity index (χ2v) is 3.99. The first kappa shape index (κ1) is 11.3. The van der Waals surface area contributed by atoms with E-state index < -0.39 is 0 Å². The molecule has 1 atom stereocenters. The van der Waals surface area contributed by atoms with Crippen LogP contribution in [0.1, 0.15) is 20.3 Å². The Balaban J connectivity index is 2.36. The Kier molecular flexibility index (Phi) is 4.73. The van der Waals surface area contributed by atoms with Crippen molar-refractivity contribution in [1.29, 1.82) is 0 Å². The van der Waals surface area contributed by atoms with Crippen molar-refractivity contribution < 1.29 is 4.79 Å². The molecule has 2 N–H and O–H groups in total. The smallest absolute Gasteiger partial charge is 0.317 e. The molecule has 1 rings (SSSR count). The molecule has 14 heavy (non-hydrogen) atoms. The molecule has 0 aliphatic carbocycles. The van der Waals surface area contributed by atoms with Gasteiger partial charge in [0.15, 0.2) is 0 Å². The average molecular weight is 199 g/mol. The second kappa shape index (κ2) is 5.86. The lowest BCUT2D eigenvalue weighted by Gasteiger charge is -2.22. The monoisotopic (exact) mass is 199 g/mol. The molecular weight excluding hydrogens is 178 g/mol. The van der Waals surface area contributed by atoms with Crippen molar-refractivity contribution in [3.8, 4) is 0 Å². The molecule has 4 heteroatoms. The van der Waals surface area contributed by atoms with E-state index >= 15 is 0 Å². The van der Waals surface area contributed by atoms with Crippen LogP contribution in [-0.4, -0.2) is 43.7 Å². The van der Waals surface area contributed by atoms with E-state index in [4.69, 9.17) is 0 Å². The Bertz CT molecular complexity index is 184. The SMILES string of the molecule is CCCNC(=O)N1CCNCC(C)C1. The Morgan fingerprint density at radius 1 is 1.64 bits per heavy atom. The maximum absolute atomic E-state index is 11.6. The van der Waals surface area contributed by atoms with Crippen LogP contribution in [0.5, 0.6) is 0 Å². The fraction of sp³-hybridized carbons (Fsp3) is 0.900. The van der Waals surface area contributed by atoms with Gasteiger partial charge >= 0.3 is 6.03 Å². The van der Waals surface area contributed by atoms with Crippen LogP contribution in [0.25, 0.3) is 0 Å². The average Bonchev–Trinajstić information content (AvgIpc) is 2.39. The molecule has 0 bridgehead atoms. The van der Waals surface area contributed by atoms with E-state index in [2.05, 4.69) is 24.5 Å². The summed E-state index contributed by atoms with van der Waals surface area (Å²) >= 11 is 0. The summed E-state index contributed by atoms with van der Waals surface area (Å²) in [6.45, 7) is 8.60. The van der Waals surface area contributed by atoms with Gasteiger partial charge in [-0.2, -0.15) is 0 Å². The minimum Gasteiger partial charge on any atom is -0.338 e. The highest BCUT2D eigenvalue weighted by atomic mass is 16.2. The van der Waals surface area contributed by atoms with Crippen molar-refractivity contribution in [3.05, 3.63) is 0 Å². The van der Waals surface area contributed by atoms with E-state index in [9.17, 15) is 4.79 Å². The lowest BCUT2D eigenvalue weighted by molar-refractivity contribution is 0.196. The van der Waals surface area contributed by atoms with Gasteiger partial charge in [0.05, 0.1) is 0 Å². The highest BCUT2D eigenvalue weighted by Crippen LogP contribution is 2.02. The van der Waals surface area contributed by atoms with Crippen molar-refractivity contribution in [2.75, 3.05) is 32.7 Å². The van der Waals surface area contributed by atoms with Gasteiger partial charge in [0, 0.05) is 26.2 Å². The van der Waals surface area contributed by atoms with Crippen LogP contribution >= 0.6 is 0 Å². The molecule has 82 valence electrons. The number of rotatable bonds is 2.